The Morgan fingerprint density at radius 2 is 0.618 bits per heavy atom. The highest BCUT2D eigenvalue weighted by molar-refractivity contribution is 7.25. The molecule has 0 amide bonds. The van der Waals surface area contributed by atoms with Crippen molar-refractivity contribution in [2.45, 2.75) is 0 Å². The first-order chi connectivity index (χ1) is 61.0. The van der Waals surface area contributed by atoms with Gasteiger partial charge in [-0.2, -0.15) is 0 Å². The van der Waals surface area contributed by atoms with E-state index in [0.29, 0.717) is 11.9 Å². The van der Waals surface area contributed by atoms with Gasteiger partial charge in [-0.25, -0.2) is 19.9 Å². The van der Waals surface area contributed by atoms with E-state index in [4.69, 9.17) is 28.8 Å². The summed E-state index contributed by atoms with van der Waals surface area (Å²) in [7, 11) is 0. The highest BCUT2D eigenvalue weighted by Crippen LogP contribution is 2.51. The largest absolute Gasteiger partial charge is 0.454 e. The van der Waals surface area contributed by atoms with Crippen molar-refractivity contribution >= 4 is 195 Å². The summed E-state index contributed by atoms with van der Waals surface area (Å²) in [6.07, 6.45) is 0. The van der Waals surface area contributed by atoms with Crippen molar-refractivity contribution in [2.24, 2.45) is 0 Å². The van der Waals surface area contributed by atoms with E-state index in [1.54, 1.807) is 0 Å². The number of para-hydroxylation sites is 3. The summed E-state index contributed by atoms with van der Waals surface area (Å²) in [5.74, 6) is 1.19. The molecule has 20 aromatic carbocycles. The number of hydrogen-bond donors (Lipinski definition) is 0. The van der Waals surface area contributed by atoms with E-state index in [1.165, 1.54) is 58.6 Å². The maximum Gasteiger partial charge on any atom is 0.235 e. The maximum absolute atomic E-state index is 7.22. The first kappa shape index (κ1) is 68.8. The molecule has 27 aromatic rings. The smallest absolute Gasteiger partial charge is 0.235 e. The highest BCUT2D eigenvalue weighted by atomic mass is 32.1. The van der Waals surface area contributed by atoms with Gasteiger partial charge in [-0.1, -0.05) is 328 Å². The lowest BCUT2D eigenvalue weighted by molar-refractivity contribution is 0.670. The van der Waals surface area contributed by atoms with Crippen molar-refractivity contribution in [1.82, 2.24) is 29.1 Å². The number of fused-ring (bicyclic) bond motifs is 30. The second-order valence-corrected chi connectivity index (χ2v) is 33.2. The monoisotopic (exact) mass is 1580 g/mol. The van der Waals surface area contributed by atoms with E-state index in [1.807, 2.05) is 17.4 Å². The average molecular weight is 1580 g/mol. The van der Waals surface area contributed by atoms with Crippen molar-refractivity contribution in [1.29, 1.82) is 0 Å². The van der Waals surface area contributed by atoms with Gasteiger partial charge in [0.25, 0.3) is 0 Å². The van der Waals surface area contributed by atoms with Gasteiger partial charge in [-0.3, -0.25) is 9.13 Å². The van der Waals surface area contributed by atoms with E-state index in [0.717, 1.165) is 192 Å². The molecule has 0 saturated carbocycles. The lowest BCUT2D eigenvalue weighted by atomic mass is 9.93. The Balaban J connectivity index is 0.000000132. The topological polar surface area (TPSA) is 87.7 Å². The second kappa shape index (κ2) is 27.2. The van der Waals surface area contributed by atoms with Crippen molar-refractivity contribution < 1.29 is 8.83 Å². The Hall–Kier alpha value is -16.2. The first-order valence-electron chi connectivity index (χ1n) is 41.7. The van der Waals surface area contributed by atoms with Gasteiger partial charge in [0.15, 0.2) is 11.2 Å². The van der Waals surface area contributed by atoms with Crippen molar-refractivity contribution in [2.75, 3.05) is 0 Å². The third kappa shape index (κ3) is 10.7. The van der Waals surface area contributed by atoms with E-state index in [-0.39, 0.29) is 0 Å². The van der Waals surface area contributed by atoms with E-state index >= 15 is 0 Å². The van der Waals surface area contributed by atoms with Crippen LogP contribution in [0.2, 0.25) is 0 Å². The maximum atomic E-state index is 7.22. The first-order valence-corrected chi connectivity index (χ1v) is 42.5. The van der Waals surface area contributed by atoms with E-state index in [2.05, 4.69) is 403 Å². The van der Waals surface area contributed by atoms with Crippen LogP contribution in [0.5, 0.6) is 0 Å². The Morgan fingerprint density at radius 1 is 0.211 bits per heavy atom. The molecule has 0 N–H and O–H groups in total. The minimum atomic E-state index is 0.595. The molecule has 0 bridgehead atoms. The van der Waals surface area contributed by atoms with Crippen molar-refractivity contribution in [3.63, 3.8) is 0 Å². The molecule has 9 heteroatoms. The summed E-state index contributed by atoms with van der Waals surface area (Å²) in [4.78, 5) is 22.2. The molecule has 0 saturated heterocycles. The SMILES string of the molecule is c1ccc(-c2ccc(-c3nc(-n4c5ccccc5c5c6cc(-c7cccc8ccccc78)ccc6c6c7ccccc7oc6c54)nc4ccc5ccccc5c34)cc2)cc1.c1ccc(-c2cccc(-c3nc(-n4c5ccccc5c5c6ccccc6c6c7ccc(-c8ccc9sc%10ccccc%10c9c8)cc7oc6c54)nc4ccc5ccccc5c34)c2)cc1. The summed E-state index contributed by atoms with van der Waals surface area (Å²) in [6, 6.07) is 143. The third-order valence-corrected chi connectivity index (χ3v) is 26.5. The number of aromatic nitrogens is 6. The number of rotatable bonds is 8. The van der Waals surface area contributed by atoms with Gasteiger partial charge >= 0.3 is 0 Å². The molecule has 0 aliphatic rings. The summed E-state index contributed by atoms with van der Waals surface area (Å²) in [5.41, 5.74) is 22.2. The fraction of sp³-hybridized carbons (Fsp3) is 0. The molecule has 0 fully saturated rings. The predicted octanol–water partition coefficient (Wildman–Crippen LogP) is 31.4. The van der Waals surface area contributed by atoms with Crippen LogP contribution in [-0.4, -0.2) is 29.1 Å². The van der Waals surface area contributed by atoms with Crippen molar-refractivity contribution in [3.8, 4) is 78.9 Å². The highest BCUT2D eigenvalue weighted by Gasteiger charge is 2.29. The zero-order valence-corrected chi connectivity index (χ0v) is 66.8. The fourth-order valence-corrected chi connectivity index (χ4v) is 20.9. The van der Waals surface area contributed by atoms with Gasteiger partial charge in [0, 0.05) is 85.2 Å². The van der Waals surface area contributed by atoms with Gasteiger partial charge in [-0.05, 0) is 171 Å². The van der Waals surface area contributed by atoms with Crippen LogP contribution in [0.25, 0.3) is 262 Å². The summed E-state index contributed by atoms with van der Waals surface area (Å²) in [6.45, 7) is 0. The molecular weight excluding hydrogens is 1520 g/mol. The quantitative estimate of drug-likeness (QED) is 0.141. The van der Waals surface area contributed by atoms with Gasteiger partial charge < -0.3 is 8.83 Å². The van der Waals surface area contributed by atoms with Gasteiger partial charge in [0.1, 0.15) is 22.2 Å². The Labute approximate surface area is 706 Å². The average Bonchev–Trinajstić information content (AvgIpc) is 1.54. The molecule has 123 heavy (non-hydrogen) atoms. The number of benzene rings is 20. The molecule has 0 spiro atoms. The normalized spacial score (nSPS) is 12.1. The molecule has 7 aromatic heterocycles. The predicted molar refractivity (Wildman–Crippen MR) is 515 cm³/mol. The molecule has 0 radical (unpaired) electrons. The summed E-state index contributed by atoms with van der Waals surface area (Å²) >= 11 is 1.84. The van der Waals surface area contributed by atoms with Crippen LogP contribution in [0.4, 0.5) is 0 Å². The molecule has 0 aliphatic heterocycles. The van der Waals surface area contributed by atoms with Crippen LogP contribution >= 0.6 is 11.3 Å². The van der Waals surface area contributed by atoms with Gasteiger partial charge in [0.2, 0.25) is 11.9 Å². The zero-order chi connectivity index (χ0) is 80.5. The molecule has 27 rings (SSSR count). The summed E-state index contributed by atoms with van der Waals surface area (Å²) in [5, 5.41) is 25.1. The number of thiophene rings is 1. The molecule has 0 unspecified atom stereocenters. The van der Waals surface area contributed by atoms with Crippen molar-refractivity contribution in [3.05, 3.63) is 400 Å². The van der Waals surface area contributed by atoms with Crippen LogP contribution in [-0.2, 0) is 0 Å². The second-order valence-electron chi connectivity index (χ2n) is 32.1. The molecule has 0 atom stereocenters. The van der Waals surface area contributed by atoms with E-state index in [9.17, 15) is 0 Å². The summed E-state index contributed by atoms with van der Waals surface area (Å²) < 4.78 is 21.3. The van der Waals surface area contributed by atoms with Crippen LogP contribution in [0.15, 0.2) is 409 Å². The minimum Gasteiger partial charge on any atom is -0.454 e. The van der Waals surface area contributed by atoms with Gasteiger partial charge in [0.05, 0.1) is 33.5 Å². The standard InChI is InChI=1S/C58H33N3OS.C56H33N3O/c1-2-13-34(14-3-1)36-16-12-17-39(31-36)55-54-40-18-5-4-15-35(40)26-29-47(54)59-58(60-55)61-48-23-10-8-22-44(48)52-42-20-6-7-21-43(42)53-45-28-25-38(33-49(45)62-57(53)56(52)61)37-27-30-51-46(32-37)41-19-9-11-24-50(41)63-51;1-2-13-34(14-3-1)35-25-27-38(28-26-35)53-52-42-19-7-5-16-37(42)30-32-47(52)57-56(58-53)59-48-23-10-8-20-44(48)50-46-33-39(41-22-12-17-36-15-4-6-18-40(36)41)29-31-43(46)51-45-21-9-11-24-49(45)60-55(51)54(50)59/h1-33H;1-33H. The van der Waals surface area contributed by atoms with Crippen LogP contribution in [0.3, 0.4) is 0 Å². The van der Waals surface area contributed by atoms with E-state index < -0.39 is 0 Å². The number of furan rings is 2. The zero-order valence-electron chi connectivity index (χ0n) is 66.0. The molecule has 0 aliphatic carbocycles. The fourth-order valence-electron chi connectivity index (χ4n) is 19.8. The number of hydrogen-bond acceptors (Lipinski definition) is 7. The molecule has 8 nitrogen and oxygen atoms in total. The molecular formula is C114H66N6O2S. The van der Waals surface area contributed by atoms with Crippen LogP contribution in [0, 0.1) is 0 Å². The Bertz CT molecular complexity index is 9150. The Kier molecular flexibility index (Phi) is 15.2. The lowest BCUT2D eigenvalue weighted by Gasteiger charge is -2.14. The third-order valence-electron chi connectivity index (χ3n) is 25.4. The number of nitrogens with zero attached hydrogens (tertiary/aromatic N) is 6. The van der Waals surface area contributed by atoms with Crippen LogP contribution in [0.1, 0.15) is 0 Å². The molecule has 7 heterocycles. The Morgan fingerprint density at radius 3 is 1.28 bits per heavy atom. The lowest BCUT2D eigenvalue weighted by Crippen LogP contribution is -2.04. The van der Waals surface area contributed by atoms with Gasteiger partial charge in [-0.15, -0.1) is 11.3 Å². The molecule has 570 valence electrons. The van der Waals surface area contributed by atoms with Crippen LogP contribution < -0.4 is 0 Å². The minimum absolute atomic E-state index is 0.595.